The van der Waals surface area contributed by atoms with E-state index in [4.69, 9.17) is 4.98 Å². The Balaban J connectivity index is 1.62. The highest BCUT2D eigenvalue weighted by Gasteiger charge is 2.25. The summed E-state index contributed by atoms with van der Waals surface area (Å²) in [7, 11) is 0. The molecule has 2 N–H and O–H groups in total. The van der Waals surface area contributed by atoms with Crippen LogP contribution in [-0.4, -0.2) is 31.4 Å². The summed E-state index contributed by atoms with van der Waals surface area (Å²) in [5.74, 6) is 0.759. The van der Waals surface area contributed by atoms with Crippen LogP contribution in [0.3, 0.4) is 0 Å². The molecule has 0 bridgehead atoms. The lowest BCUT2D eigenvalue weighted by Gasteiger charge is -2.28. The van der Waals surface area contributed by atoms with Crippen molar-refractivity contribution in [3.8, 4) is 0 Å². The van der Waals surface area contributed by atoms with Crippen molar-refractivity contribution in [2.24, 2.45) is 0 Å². The Morgan fingerprint density at radius 2 is 2.16 bits per heavy atom. The molecule has 4 rings (SSSR count). The van der Waals surface area contributed by atoms with Crippen LogP contribution in [-0.2, 0) is 24.9 Å². The Bertz CT molecular complexity index is 979. The largest absolute Gasteiger partial charge is 0.346 e. The van der Waals surface area contributed by atoms with Gasteiger partial charge in [0.25, 0.3) is 5.56 Å². The van der Waals surface area contributed by atoms with Crippen molar-refractivity contribution in [3.05, 3.63) is 57.5 Å². The van der Waals surface area contributed by atoms with Crippen molar-refractivity contribution in [1.82, 2.24) is 24.8 Å². The van der Waals surface area contributed by atoms with Crippen LogP contribution in [0, 0.1) is 0 Å². The number of rotatable bonds is 2. The molecule has 0 amide bonds. The van der Waals surface area contributed by atoms with Crippen LogP contribution >= 0.6 is 0 Å². The molecule has 0 saturated heterocycles. The van der Waals surface area contributed by atoms with Crippen LogP contribution in [0.15, 0.2) is 29.3 Å². The molecule has 6 nitrogen and oxygen atoms in total. The number of fused-ring (bicyclic) bond motifs is 2. The Morgan fingerprint density at radius 1 is 1.32 bits per heavy atom. The third-order valence-electron chi connectivity index (χ3n) is 4.79. The Morgan fingerprint density at radius 3 is 2.96 bits per heavy atom. The summed E-state index contributed by atoms with van der Waals surface area (Å²) in [6.07, 6.45) is 4.56. The second-order valence-electron chi connectivity index (χ2n) is 7.76. The Hall–Kier alpha value is -2.47. The van der Waals surface area contributed by atoms with Gasteiger partial charge in [-0.3, -0.25) is 9.69 Å². The Kier molecular flexibility index (Phi) is 3.72. The fourth-order valence-electron chi connectivity index (χ4n) is 3.37. The van der Waals surface area contributed by atoms with E-state index in [9.17, 15) is 4.79 Å². The molecule has 0 spiro atoms. The number of aromatic amines is 2. The average molecular weight is 337 g/mol. The maximum absolute atomic E-state index is 12.4. The molecule has 6 heteroatoms. The number of hydrogen-bond acceptors (Lipinski definition) is 4. The lowest BCUT2D eigenvalue weighted by Crippen LogP contribution is -2.36. The van der Waals surface area contributed by atoms with Gasteiger partial charge < -0.3 is 9.97 Å². The van der Waals surface area contributed by atoms with Crippen LogP contribution < -0.4 is 5.56 Å². The summed E-state index contributed by atoms with van der Waals surface area (Å²) in [4.78, 5) is 30.1. The summed E-state index contributed by atoms with van der Waals surface area (Å²) >= 11 is 0. The van der Waals surface area contributed by atoms with Gasteiger partial charge in [0.05, 0.1) is 5.69 Å². The first-order valence-corrected chi connectivity index (χ1v) is 8.68. The van der Waals surface area contributed by atoms with Crippen molar-refractivity contribution in [1.29, 1.82) is 0 Å². The summed E-state index contributed by atoms with van der Waals surface area (Å²) in [6.45, 7) is 8.59. The van der Waals surface area contributed by atoms with Crippen molar-refractivity contribution < 1.29 is 0 Å². The first kappa shape index (κ1) is 16.0. The Labute approximate surface area is 146 Å². The molecule has 0 aromatic carbocycles. The van der Waals surface area contributed by atoms with Gasteiger partial charge in [-0.15, -0.1) is 0 Å². The highest BCUT2D eigenvalue weighted by Crippen LogP contribution is 2.23. The molecule has 130 valence electrons. The SMILES string of the molecule is CC(C)(C)c1nc2c(c(=O)[nH]1)CCN(Cc1c[nH]c3ncccc13)C2. The predicted molar refractivity (Wildman–Crippen MR) is 97.5 cm³/mol. The molecule has 25 heavy (non-hydrogen) atoms. The first-order valence-electron chi connectivity index (χ1n) is 8.68. The fraction of sp³-hybridized carbons (Fsp3) is 0.421. The van der Waals surface area contributed by atoms with Gasteiger partial charge in [0.1, 0.15) is 11.5 Å². The number of nitrogens with zero attached hydrogens (tertiary/aromatic N) is 3. The van der Waals surface area contributed by atoms with Crippen molar-refractivity contribution in [2.45, 2.75) is 45.7 Å². The third kappa shape index (κ3) is 2.98. The van der Waals surface area contributed by atoms with E-state index in [0.717, 1.165) is 47.6 Å². The molecule has 0 fully saturated rings. The number of H-pyrrole nitrogens is 2. The second kappa shape index (κ2) is 5.81. The monoisotopic (exact) mass is 337 g/mol. The maximum Gasteiger partial charge on any atom is 0.254 e. The van der Waals surface area contributed by atoms with Crippen molar-refractivity contribution in [3.63, 3.8) is 0 Å². The minimum atomic E-state index is -0.168. The van der Waals surface area contributed by atoms with Gasteiger partial charge in [-0.1, -0.05) is 20.8 Å². The van der Waals surface area contributed by atoms with Gasteiger partial charge in [0, 0.05) is 48.4 Å². The van der Waals surface area contributed by atoms with Gasteiger partial charge in [0.15, 0.2) is 0 Å². The minimum absolute atomic E-state index is 0.0193. The standard InChI is InChI=1S/C19H23N5O/c1-19(2,3)18-22-15-11-24(8-6-14(15)17(25)23-18)10-12-9-21-16-13(12)5-4-7-20-16/h4-5,7,9H,6,8,10-11H2,1-3H3,(H,20,21)(H,22,23,25). The van der Waals surface area contributed by atoms with Crippen molar-refractivity contribution in [2.75, 3.05) is 6.54 Å². The van der Waals surface area contributed by atoms with E-state index in [1.165, 1.54) is 5.56 Å². The van der Waals surface area contributed by atoms with Gasteiger partial charge in [0.2, 0.25) is 0 Å². The number of aromatic nitrogens is 4. The number of hydrogen-bond donors (Lipinski definition) is 2. The molecule has 0 unspecified atom stereocenters. The zero-order chi connectivity index (χ0) is 17.6. The molecule has 1 aliphatic rings. The molecule has 0 radical (unpaired) electrons. The van der Waals surface area contributed by atoms with Crippen LogP contribution in [0.5, 0.6) is 0 Å². The topological polar surface area (TPSA) is 77.7 Å². The molecule has 0 aliphatic carbocycles. The molecule has 3 aromatic heterocycles. The summed E-state index contributed by atoms with van der Waals surface area (Å²) in [5.41, 5.74) is 3.75. The molecule has 0 saturated carbocycles. The molecular weight excluding hydrogens is 314 g/mol. The molecule has 1 aliphatic heterocycles. The van der Waals surface area contributed by atoms with E-state index in [0.29, 0.717) is 6.54 Å². The molecule has 0 atom stereocenters. The smallest absolute Gasteiger partial charge is 0.254 e. The van der Waals surface area contributed by atoms with Crippen LogP contribution in [0.2, 0.25) is 0 Å². The first-order chi connectivity index (χ1) is 11.9. The van der Waals surface area contributed by atoms with E-state index < -0.39 is 0 Å². The predicted octanol–water partition coefficient (Wildman–Crippen LogP) is 2.50. The lowest BCUT2D eigenvalue weighted by molar-refractivity contribution is 0.240. The zero-order valence-corrected chi connectivity index (χ0v) is 14.9. The van der Waals surface area contributed by atoms with Crippen LogP contribution in [0.1, 0.15) is 43.4 Å². The second-order valence-corrected chi connectivity index (χ2v) is 7.76. The highest BCUT2D eigenvalue weighted by atomic mass is 16.1. The van der Waals surface area contributed by atoms with Crippen LogP contribution in [0.4, 0.5) is 0 Å². The fourth-order valence-corrected chi connectivity index (χ4v) is 3.37. The molecule has 4 heterocycles. The van der Waals surface area contributed by atoms with Gasteiger partial charge >= 0.3 is 0 Å². The zero-order valence-electron chi connectivity index (χ0n) is 14.9. The molecule has 3 aromatic rings. The summed E-state index contributed by atoms with van der Waals surface area (Å²) < 4.78 is 0. The minimum Gasteiger partial charge on any atom is -0.346 e. The third-order valence-corrected chi connectivity index (χ3v) is 4.79. The highest BCUT2D eigenvalue weighted by molar-refractivity contribution is 5.79. The lowest BCUT2D eigenvalue weighted by atomic mass is 9.95. The van der Waals surface area contributed by atoms with E-state index in [2.05, 4.69) is 46.7 Å². The van der Waals surface area contributed by atoms with E-state index in [1.807, 2.05) is 12.3 Å². The van der Waals surface area contributed by atoms with E-state index >= 15 is 0 Å². The van der Waals surface area contributed by atoms with Crippen LogP contribution in [0.25, 0.3) is 11.0 Å². The average Bonchev–Trinajstić information content (AvgIpc) is 2.97. The van der Waals surface area contributed by atoms with Gasteiger partial charge in [-0.05, 0) is 24.1 Å². The van der Waals surface area contributed by atoms with E-state index in [-0.39, 0.29) is 11.0 Å². The number of pyridine rings is 1. The normalized spacial score (nSPS) is 15.5. The van der Waals surface area contributed by atoms with Gasteiger partial charge in [-0.2, -0.15) is 0 Å². The van der Waals surface area contributed by atoms with Gasteiger partial charge in [-0.25, -0.2) is 9.97 Å². The number of nitrogens with one attached hydrogen (secondary N) is 2. The quantitative estimate of drug-likeness (QED) is 0.753. The van der Waals surface area contributed by atoms with E-state index in [1.54, 1.807) is 6.20 Å². The molecular formula is C19H23N5O. The van der Waals surface area contributed by atoms with Crippen molar-refractivity contribution >= 4 is 11.0 Å². The maximum atomic E-state index is 12.4. The summed E-state index contributed by atoms with van der Waals surface area (Å²) in [5, 5.41) is 1.16. The summed E-state index contributed by atoms with van der Waals surface area (Å²) in [6, 6.07) is 4.05.